The summed E-state index contributed by atoms with van der Waals surface area (Å²) < 4.78 is 44.7. The molecule has 10 heteroatoms. The van der Waals surface area contributed by atoms with Gasteiger partial charge in [0.25, 0.3) is 0 Å². The molecule has 3 heterocycles. The maximum atomic E-state index is 12.9. The van der Waals surface area contributed by atoms with E-state index in [2.05, 4.69) is 15.0 Å². The van der Waals surface area contributed by atoms with Gasteiger partial charge in [0, 0.05) is 41.5 Å². The number of halogens is 3. The number of hydrogen-bond donors (Lipinski definition) is 1. The summed E-state index contributed by atoms with van der Waals surface area (Å²) in [5.41, 5.74) is 0.775. The van der Waals surface area contributed by atoms with Gasteiger partial charge in [-0.2, -0.15) is 13.2 Å². The van der Waals surface area contributed by atoms with E-state index in [1.165, 1.54) is 6.07 Å². The standard InChI is InChI=1S/C25H23F3N4O3/c1-14(34)23-15-10-20(21(11-15)35-22-7-6-16(12-31-22)25(26,27)28)32(23)19-5-2-4-17(18(19)13-33)24-29-8-3-9-30-24/h2-9,12-15,20-21,23,34H,10-11H2,1H3/t14?,15-,20+,21-,23-/m1/s1. The van der Waals surface area contributed by atoms with Gasteiger partial charge in [0.2, 0.25) is 5.88 Å². The third-order valence-corrected chi connectivity index (χ3v) is 6.79. The number of piperidine rings is 1. The number of carbonyl (C=O) groups excluding carboxylic acids is 1. The number of pyridine rings is 1. The molecule has 2 fully saturated rings. The zero-order valence-corrected chi connectivity index (χ0v) is 18.8. The van der Waals surface area contributed by atoms with E-state index in [-0.39, 0.29) is 30.0 Å². The van der Waals surface area contributed by atoms with E-state index in [1.807, 2.05) is 17.0 Å². The van der Waals surface area contributed by atoms with Gasteiger partial charge in [-0.3, -0.25) is 4.79 Å². The topological polar surface area (TPSA) is 88.4 Å². The Hall–Kier alpha value is -3.53. The smallest absolute Gasteiger partial charge is 0.417 e. The van der Waals surface area contributed by atoms with Crippen LogP contribution in [0, 0.1) is 5.92 Å². The Balaban J connectivity index is 1.48. The van der Waals surface area contributed by atoms with Gasteiger partial charge in [-0.15, -0.1) is 0 Å². The van der Waals surface area contributed by atoms with Crippen LogP contribution < -0.4 is 9.64 Å². The summed E-state index contributed by atoms with van der Waals surface area (Å²) in [6.07, 6.45) is 0.538. The maximum absolute atomic E-state index is 12.9. The molecule has 2 aromatic heterocycles. The van der Waals surface area contributed by atoms with Crippen molar-refractivity contribution in [2.45, 2.75) is 50.2 Å². The monoisotopic (exact) mass is 484 g/mol. The van der Waals surface area contributed by atoms with Crippen molar-refractivity contribution in [3.05, 3.63) is 66.1 Å². The highest BCUT2D eigenvalue weighted by Crippen LogP contribution is 2.48. The van der Waals surface area contributed by atoms with Crippen LogP contribution in [-0.2, 0) is 6.18 Å². The molecule has 1 saturated heterocycles. The number of carbonyl (C=O) groups is 1. The molecule has 0 spiro atoms. The van der Waals surface area contributed by atoms with E-state index in [0.717, 1.165) is 18.5 Å². The van der Waals surface area contributed by atoms with Gasteiger partial charge in [0.05, 0.1) is 23.8 Å². The molecule has 0 amide bonds. The summed E-state index contributed by atoms with van der Waals surface area (Å²) >= 11 is 0. The summed E-state index contributed by atoms with van der Waals surface area (Å²) in [6, 6.07) is 8.81. The lowest BCUT2D eigenvalue weighted by atomic mass is 9.92. The predicted molar refractivity (Wildman–Crippen MR) is 121 cm³/mol. The zero-order valence-electron chi connectivity index (χ0n) is 18.8. The SMILES string of the molecule is CC(O)[C@@H]1[C@H]2C[C@@H](Oc3ccc(C(F)(F)F)cn3)[C@H](C2)N1c1cccc(-c2ncccn2)c1C=O. The first kappa shape index (κ1) is 23.2. The van der Waals surface area contributed by atoms with Crippen molar-refractivity contribution in [2.24, 2.45) is 5.92 Å². The van der Waals surface area contributed by atoms with Gasteiger partial charge < -0.3 is 14.7 Å². The number of aliphatic hydroxyl groups excluding tert-OH is 1. The molecule has 0 radical (unpaired) electrons. The molecule has 2 bridgehead atoms. The highest BCUT2D eigenvalue weighted by molar-refractivity contribution is 5.94. The normalized spacial score (nSPS) is 24.4. The van der Waals surface area contributed by atoms with Crippen LogP contribution in [0.4, 0.5) is 18.9 Å². The number of fused-ring (bicyclic) bond motifs is 2. The molecule has 7 nitrogen and oxygen atoms in total. The largest absolute Gasteiger partial charge is 0.472 e. The third-order valence-electron chi connectivity index (χ3n) is 6.79. The van der Waals surface area contributed by atoms with Gasteiger partial charge in [0.15, 0.2) is 12.1 Å². The molecule has 1 aliphatic heterocycles. The number of rotatable bonds is 6. The first-order valence-electron chi connectivity index (χ1n) is 11.3. The molecule has 182 valence electrons. The lowest BCUT2D eigenvalue weighted by Gasteiger charge is -2.42. The Labute approximate surface area is 199 Å². The van der Waals surface area contributed by atoms with Crippen LogP contribution in [0.15, 0.2) is 55.0 Å². The van der Waals surface area contributed by atoms with E-state index >= 15 is 0 Å². The second kappa shape index (κ2) is 8.92. The van der Waals surface area contributed by atoms with Crippen molar-refractivity contribution < 1.29 is 27.8 Å². The number of hydrogen-bond acceptors (Lipinski definition) is 7. The van der Waals surface area contributed by atoms with E-state index in [9.17, 15) is 23.1 Å². The molecule has 1 unspecified atom stereocenters. The number of nitrogens with zero attached hydrogens (tertiary/aromatic N) is 4. The van der Waals surface area contributed by atoms with Gasteiger partial charge in [-0.05, 0) is 43.9 Å². The second-order valence-electron chi connectivity index (χ2n) is 8.91. The molecular weight excluding hydrogens is 461 g/mol. The molecule has 35 heavy (non-hydrogen) atoms. The number of aromatic nitrogens is 3. The van der Waals surface area contributed by atoms with E-state index in [4.69, 9.17) is 4.74 Å². The molecule has 3 aromatic rings. The van der Waals surface area contributed by atoms with Crippen LogP contribution >= 0.6 is 0 Å². The van der Waals surface area contributed by atoms with Gasteiger partial charge in [-0.25, -0.2) is 15.0 Å². The highest BCUT2D eigenvalue weighted by Gasteiger charge is 2.54. The summed E-state index contributed by atoms with van der Waals surface area (Å²) in [6.45, 7) is 1.72. The minimum absolute atomic E-state index is 0.0792. The van der Waals surface area contributed by atoms with E-state index < -0.39 is 17.8 Å². The minimum atomic E-state index is -4.47. The number of aldehydes is 1. The van der Waals surface area contributed by atoms with Crippen LogP contribution in [0.5, 0.6) is 5.88 Å². The summed E-state index contributed by atoms with van der Waals surface area (Å²) in [5.74, 6) is 0.595. The lowest BCUT2D eigenvalue weighted by molar-refractivity contribution is -0.137. The fourth-order valence-electron chi connectivity index (χ4n) is 5.43. The van der Waals surface area contributed by atoms with Crippen molar-refractivity contribution in [2.75, 3.05) is 4.90 Å². The molecule has 2 aliphatic rings. The number of ether oxygens (including phenoxy) is 1. The number of alkyl halides is 3. The molecular formula is C25H23F3N4O3. The van der Waals surface area contributed by atoms with Crippen LogP contribution in [0.25, 0.3) is 11.4 Å². The van der Waals surface area contributed by atoms with E-state index in [0.29, 0.717) is 35.5 Å². The summed E-state index contributed by atoms with van der Waals surface area (Å²) in [5, 5.41) is 10.6. The average Bonchev–Trinajstić information content (AvgIpc) is 3.42. The minimum Gasteiger partial charge on any atom is -0.472 e. The zero-order chi connectivity index (χ0) is 24.7. The van der Waals surface area contributed by atoms with Gasteiger partial charge in [0.1, 0.15) is 6.10 Å². The highest BCUT2D eigenvalue weighted by atomic mass is 19.4. The number of aliphatic hydroxyl groups is 1. The first-order chi connectivity index (χ1) is 16.8. The van der Waals surface area contributed by atoms with Crippen LogP contribution in [-0.4, -0.2) is 50.6 Å². The van der Waals surface area contributed by atoms with Crippen LogP contribution in [0.1, 0.15) is 35.7 Å². The molecule has 5 atom stereocenters. The first-order valence-corrected chi connectivity index (χ1v) is 11.3. The molecule has 1 saturated carbocycles. The van der Waals surface area contributed by atoms with Crippen molar-refractivity contribution in [1.82, 2.24) is 15.0 Å². The fourth-order valence-corrected chi connectivity index (χ4v) is 5.43. The van der Waals surface area contributed by atoms with Crippen LogP contribution in [0.3, 0.4) is 0 Å². The maximum Gasteiger partial charge on any atom is 0.417 e. The average molecular weight is 484 g/mol. The Morgan fingerprint density at radius 2 is 1.89 bits per heavy atom. The van der Waals surface area contributed by atoms with Gasteiger partial charge in [-0.1, -0.05) is 12.1 Å². The quantitative estimate of drug-likeness (QED) is 0.526. The third kappa shape index (κ3) is 4.22. The number of benzene rings is 1. The number of anilines is 1. The Morgan fingerprint density at radius 1 is 1.11 bits per heavy atom. The van der Waals surface area contributed by atoms with Crippen LogP contribution in [0.2, 0.25) is 0 Å². The lowest BCUT2D eigenvalue weighted by Crippen LogP contribution is -2.53. The van der Waals surface area contributed by atoms with Crippen molar-refractivity contribution in [1.29, 1.82) is 0 Å². The van der Waals surface area contributed by atoms with Gasteiger partial charge >= 0.3 is 6.18 Å². The molecule has 1 N–H and O–H groups in total. The molecule has 5 rings (SSSR count). The predicted octanol–water partition coefficient (Wildman–Crippen LogP) is 4.17. The van der Waals surface area contributed by atoms with Crippen molar-refractivity contribution in [3.8, 4) is 17.3 Å². The van der Waals surface area contributed by atoms with E-state index in [1.54, 1.807) is 31.5 Å². The second-order valence-corrected chi connectivity index (χ2v) is 8.91. The molecule has 1 aromatic carbocycles. The Morgan fingerprint density at radius 3 is 2.51 bits per heavy atom. The summed E-state index contributed by atoms with van der Waals surface area (Å²) in [7, 11) is 0. The fraction of sp³-hybridized carbons (Fsp3) is 0.360. The van der Waals surface area contributed by atoms with Crippen molar-refractivity contribution in [3.63, 3.8) is 0 Å². The van der Waals surface area contributed by atoms with Crippen molar-refractivity contribution >= 4 is 12.0 Å². The summed E-state index contributed by atoms with van der Waals surface area (Å²) in [4.78, 5) is 26.7. The Bertz CT molecular complexity index is 1200. The Kier molecular flexibility index (Phi) is 5.92. The molecule has 1 aliphatic carbocycles.